The Bertz CT molecular complexity index is 246. The van der Waals surface area contributed by atoms with Gasteiger partial charge < -0.3 is 5.11 Å². The van der Waals surface area contributed by atoms with Gasteiger partial charge in [0.1, 0.15) is 0 Å². The largest absolute Gasteiger partial charge is 0.393 e. The highest BCUT2D eigenvalue weighted by Gasteiger charge is 2.07. The van der Waals surface area contributed by atoms with Crippen molar-refractivity contribution in [2.75, 3.05) is 5.75 Å². The van der Waals surface area contributed by atoms with Crippen LogP contribution in [0.3, 0.4) is 0 Å². The van der Waals surface area contributed by atoms with Crippen LogP contribution in [0, 0.1) is 5.92 Å². The van der Waals surface area contributed by atoms with Gasteiger partial charge in [-0.2, -0.15) is 0 Å². The summed E-state index contributed by atoms with van der Waals surface area (Å²) in [6.45, 7) is 3.95. The van der Waals surface area contributed by atoms with Crippen LogP contribution in [0.2, 0.25) is 0 Å². The average molecular weight is 210 g/mol. The number of rotatable bonds is 5. The molecule has 1 N–H and O–H groups in total. The molecule has 78 valence electrons. The fraction of sp³-hybridized carbons (Fsp3) is 0.500. The molecule has 14 heavy (non-hydrogen) atoms. The van der Waals surface area contributed by atoms with Gasteiger partial charge >= 0.3 is 0 Å². The van der Waals surface area contributed by atoms with Crippen LogP contribution in [0.1, 0.15) is 20.3 Å². The number of benzene rings is 1. The Labute approximate surface area is 90.5 Å². The van der Waals surface area contributed by atoms with Gasteiger partial charge in [0.2, 0.25) is 0 Å². The molecule has 1 aromatic rings. The SMILES string of the molecule is CC(O)C(C)CCSc1ccccc1. The van der Waals surface area contributed by atoms with Crippen molar-refractivity contribution < 1.29 is 5.11 Å². The molecule has 0 fully saturated rings. The molecular weight excluding hydrogens is 192 g/mol. The highest BCUT2D eigenvalue weighted by atomic mass is 32.2. The summed E-state index contributed by atoms with van der Waals surface area (Å²) in [6.07, 6.45) is 0.878. The van der Waals surface area contributed by atoms with Gasteiger partial charge in [-0.3, -0.25) is 0 Å². The molecule has 0 heterocycles. The van der Waals surface area contributed by atoms with Crippen LogP contribution in [0.5, 0.6) is 0 Å². The Kier molecular flexibility index (Phi) is 5.05. The third-order valence-corrected chi connectivity index (χ3v) is 3.45. The maximum atomic E-state index is 9.31. The van der Waals surface area contributed by atoms with E-state index in [1.807, 2.05) is 24.8 Å². The third kappa shape index (κ3) is 4.16. The van der Waals surface area contributed by atoms with E-state index in [1.54, 1.807) is 0 Å². The molecule has 0 spiro atoms. The van der Waals surface area contributed by atoms with Crippen LogP contribution in [-0.4, -0.2) is 17.0 Å². The van der Waals surface area contributed by atoms with Crippen molar-refractivity contribution in [2.24, 2.45) is 5.92 Å². The molecule has 0 aliphatic rings. The molecule has 0 radical (unpaired) electrons. The first-order valence-electron chi connectivity index (χ1n) is 5.06. The van der Waals surface area contributed by atoms with Gasteiger partial charge in [-0.1, -0.05) is 25.1 Å². The molecule has 0 amide bonds. The highest BCUT2D eigenvalue weighted by molar-refractivity contribution is 7.99. The van der Waals surface area contributed by atoms with Crippen LogP contribution in [0.15, 0.2) is 35.2 Å². The first-order chi connectivity index (χ1) is 6.70. The Morgan fingerprint density at radius 2 is 1.86 bits per heavy atom. The topological polar surface area (TPSA) is 20.2 Å². The van der Waals surface area contributed by atoms with Gasteiger partial charge in [0.05, 0.1) is 6.10 Å². The second-order valence-corrected chi connectivity index (χ2v) is 4.84. The van der Waals surface area contributed by atoms with E-state index >= 15 is 0 Å². The van der Waals surface area contributed by atoms with E-state index in [-0.39, 0.29) is 6.10 Å². The first-order valence-corrected chi connectivity index (χ1v) is 6.04. The van der Waals surface area contributed by atoms with Gasteiger partial charge in [-0.15, -0.1) is 11.8 Å². The molecular formula is C12H18OS. The lowest BCUT2D eigenvalue weighted by atomic mass is 10.0. The normalized spacial score (nSPS) is 15.1. The zero-order chi connectivity index (χ0) is 10.4. The maximum Gasteiger partial charge on any atom is 0.0537 e. The summed E-state index contributed by atoms with van der Waals surface area (Å²) < 4.78 is 0. The molecule has 0 bridgehead atoms. The first kappa shape index (κ1) is 11.6. The van der Waals surface area contributed by atoms with Crippen molar-refractivity contribution in [3.63, 3.8) is 0 Å². The summed E-state index contributed by atoms with van der Waals surface area (Å²) in [5, 5.41) is 9.31. The zero-order valence-corrected chi connectivity index (χ0v) is 9.63. The number of thioether (sulfide) groups is 1. The van der Waals surface area contributed by atoms with Gasteiger partial charge in [0.25, 0.3) is 0 Å². The summed E-state index contributed by atoms with van der Waals surface area (Å²) in [6, 6.07) is 10.4. The summed E-state index contributed by atoms with van der Waals surface area (Å²) in [5.74, 6) is 1.47. The molecule has 1 nitrogen and oxygen atoms in total. The fourth-order valence-corrected chi connectivity index (χ4v) is 2.20. The molecule has 2 unspecified atom stereocenters. The van der Waals surface area contributed by atoms with E-state index < -0.39 is 0 Å². The van der Waals surface area contributed by atoms with Crippen molar-refractivity contribution in [3.05, 3.63) is 30.3 Å². The Hall–Kier alpha value is -0.470. The predicted octanol–water partition coefficient (Wildman–Crippen LogP) is 3.19. The van der Waals surface area contributed by atoms with Gasteiger partial charge in [-0.25, -0.2) is 0 Å². The molecule has 1 aromatic carbocycles. The Morgan fingerprint density at radius 3 is 2.43 bits per heavy atom. The van der Waals surface area contributed by atoms with E-state index in [9.17, 15) is 5.11 Å². The van der Waals surface area contributed by atoms with E-state index in [0.717, 1.165) is 12.2 Å². The van der Waals surface area contributed by atoms with Crippen molar-refractivity contribution in [1.29, 1.82) is 0 Å². The van der Waals surface area contributed by atoms with Crippen molar-refractivity contribution in [3.8, 4) is 0 Å². The number of aliphatic hydroxyl groups excluding tert-OH is 1. The van der Waals surface area contributed by atoms with Gasteiger partial charge in [-0.05, 0) is 37.1 Å². The molecule has 2 heteroatoms. The second kappa shape index (κ2) is 6.10. The van der Waals surface area contributed by atoms with E-state index in [1.165, 1.54) is 4.90 Å². The average Bonchev–Trinajstić information content (AvgIpc) is 2.19. The minimum atomic E-state index is -0.189. The predicted molar refractivity (Wildman–Crippen MR) is 62.6 cm³/mol. The fourth-order valence-electron chi connectivity index (χ4n) is 1.12. The molecule has 0 aromatic heterocycles. The van der Waals surface area contributed by atoms with E-state index in [2.05, 4.69) is 31.2 Å². The van der Waals surface area contributed by atoms with Crippen molar-refractivity contribution in [2.45, 2.75) is 31.3 Å². The minimum absolute atomic E-state index is 0.189. The lowest BCUT2D eigenvalue weighted by Crippen LogP contribution is -2.13. The standard InChI is InChI=1S/C12H18OS/c1-10(11(2)13)8-9-14-12-6-4-3-5-7-12/h3-7,10-11,13H,8-9H2,1-2H3. The number of hydrogen-bond acceptors (Lipinski definition) is 2. The molecule has 2 atom stereocenters. The second-order valence-electron chi connectivity index (χ2n) is 3.67. The Morgan fingerprint density at radius 1 is 1.21 bits per heavy atom. The van der Waals surface area contributed by atoms with Crippen LogP contribution < -0.4 is 0 Å². The molecule has 0 aliphatic heterocycles. The summed E-state index contributed by atoms with van der Waals surface area (Å²) in [5.41, 5.74) is 0. The van der Waals surface area contributed by atoms with Crippen LogP contribution in [-0.2, 0) is 0 Å². The lowest BCUT2D eigenvalue weighted by molar-refractivity contribution is 0.133. The quantitative estimate of drug-likeness (QED) is 0.753. The number of hydrogen-bond donors (Lipinski definition) is 1. The summed E-state index contributed by atoms with van der Waals surface area (Å²) in [4.78, 5) is 1.31. The van der Waals surface area contributed by atoms with Crippen molar-refractivity contribution in [1.82, 2.24) is 0 Å². The van der Waals surface area contributed by atoms with E-state index in [0.29, 0.717) is 5.92 Å². The summed E-state index contributed by atoms with van der Waals surface area (Å²) >= 11 is 1.86. The lowest BCUT2D eigenvalue weighted by Gasteiger charge is -2.13. The van der Waals surface area contributed by atoms with Gasteiger partial charge in [0, 0.05) is 4.90 Å². The zero-order valence-electron chi connectivity index (χ0n) is 8.81. The summed E-state index contributed by atoms with van der Waals surface area (Å²) in [7, 11) is 0. The number of aliphatic hydroxyl groups is 1. The third-order valence-electron chi connectivity index (χ3n) is 2.41. The molecule has 0 saturated heterocycles. The minimum Gasteiger partial charge on any atom is -0.393 e. The maximum absolute atomic E-state index is 9.31. The molecule has 0 saturated carbocycles. The molecule has 1 rings (SSSR count). The highest BCUT2D eigenvalue weighted by Crippen LogP contribution is 2.20. The van der Waals surface area contributed by atoms with E-state index in [4.69, 9.17) is 0 Å². The Balaban J connectivity index is 2.22. The smallest absolute Gasteiger partial charge is 0.0537 e. The van der Waals surface area contributed by atoms with Crippen LogP contribution >= 0.6 is 11.8 Å². The van der Waals surface area contributed by atoms with Crippen LogP contribution in [0.25, 0.3) is 0 Å². The van der Waals surface area contributed by atoms with Gasteiger partial charge in [0.15, 0.2) is 0 Å². The van der Waals surface area contributed by atoms with Crippen molar-refractivity contribution >= 4 is 11.8 Å². The molecule has 0 aliphatic carbocycles. The van der Waals surface area contributed by atoms with Crippen LogP contribution in [0.4, 0.5) is 0 Å². The monoisotopic (exact) mass is 210 g/mol.